The third-order valence-electron chi connectivity index (χ3n) is 5.28. The second kappa shape index (κ2) is 8.17. The maximum atomic E-state index is 11.6. The van der Waals surface area contributed by atoms with Gasteiger partial charge in [-0.15, -0.1) is 0 Å². The molecule has 3 heterocycles. The molecule has 2 aromatic carbocycles. The zero-order valence-corrected chi connectivity index (χ0v) is 16.6. The molecule has 1 amide bonds. The minimum atomic E-state index is -0.556. The van der Waals surface area contributed by atoms with Gasteiger partial charge in [0.05, 0.1) is 18.8 Å². The molecule has 0 aliphatic carbocycles. The van der Waals surface area contributed by atoms with Crippen molar-refractivity contribution in [1.29, 1.82) is 0 Å². The Kier molecular flexibility index (Phi) is 5.07. The normalized spacial score (nSPS) is 15.1. The maximum Gasteiger partial charge on any atom is 0.274 e. The number of hydrogen-bond acceptors (Lipinski definition) is 7. The molecule has 0 bridgehead atoms. The lowest BCUT2D eigenvalue weighted by molar-refractivity contribution is 0.0683. The van der Waals surface area contributed by atoms with Crippen LogP contribution in [0.15, 0.2) is 65.8 Å². The van der Waals surface area contributed by atoms with Crippen LogP contribution in [0.3, 0.4) is 0 Å². The van der Waals surface area contributed by atoms with Crippen molar-refractivity contribution in [3.63, 3.8) is 0 Å². The average molecular weight is 416 g/mol. The van der Waals surface area contributed by atoms with Crippen molar-refractivity contribution in [2.75, 3.05) is 26.3 Å². The molecule has 2 aliphatic rings. The topological polar surface area (TPSA) is 96.3 Å². The van der Waals surface area contributed by atoms with Crippen molar-refractivity contribution < 1.29 is 19.5 Å². The van der Waals surface area contributed by atoms with Crippen molar-refractivity contribution >= 4 is 17.4 Å². The lowest BCUT2D eigenvalue weighted by Crippen LogP contribution is -2.41. The first-order chi connectivity index (χ1) is 15.2. The van der Waals surface area contributed by atoms with E-state index >= 15 is 0 Å². The fourth-order valence-electron chi connectivity index (χ4n) is 3.66. The van der Waals surface area contributed by atoms with Gasteiger partial charge in [-0.05, 0) is 35.9 Å². The Labute approximate surface area is 178 Å². The van der Waals surface area contributed by atoms with E-state index in [1.807, 2.05) is 42.5 Å². The zero-order valence-electron chi connectivity index (χ0n) is 16.6. The standard InChI is InChI=1S/C23H20N4O4/c28-22(26-29)16-7-5-15(6-8-16)17-13-18-21(27-9-11-30-12-10-27)25-19-3-1-2-4-20(19)31-23(18)24-14-17/h1-8,13-14,29H,9-12H2,(H,26,28). The molecule has 0 atom stereocenters. The molecule has 1 aromatic heterocycles. The molecule has 2 aliphatic heterocycles. The van der Waals surface area contributed by atoms with Gasteiger partial charge in [-0.25, -0.2) is 15.5 Å². The number of nitrogens with one attached hydrogen (secondary N) is 1. The number of amides is 1. The Hall–Kier alpha value is -3.75. The van der Waals surface area contributed by atoms with Gasteiger partial charge in [0.25, 0.3) is 5.91 Å². The average Bonchev–Trinajstić information content (AvgIpc) is 3.00. The van der Waals surface area contributed by atoms with Gasteiger partial charge in [0, 0.05) is 30.4 Å². The summed E-state index contributed by atoms with van der Waals surface area (Å²) in [5, 5.41) is 8.81. The first kappa shape index (κ1) is 19.2. The van der Waals surface area contributed by atoms with Gasteiger partial charge in [0.15, 0.2) is 5.75 Å². The fraction of sp³-hybridized carbons (Fsp3) is 0.174. The van der Waals surface area contributed by atoms with Crippen LogP contribution in [0.5, 0.6) is 11.6 Å². The number of fused-ring (bicyclic) bond motifs is 2. The van der Waals surface area contributed by atoms with E-state index < -0.39 is 5.91 Å². The van der Waals surface area contributed by atoms with E-state index in [2.05, 4.69) is 9.88 Å². The van der Waals surface area contributed by atoms with E-state index in [0.29, 0.717) is 30.4 Å². The minimum Gasteiger partial charge on any atom is -0.436 e. The van der Waals surface area contributed by atoms with Crippen molar-refractivity contribution in [2.24, 2.45) is 4.99 Å². The third-order valence-corrected chi connectivity index (χ3v) is 5.28. The van der Waals surface area contributed by atoms with Crippen molar-refractivity contribution in [1.82, 2.24) is 15.4 Å². The number of benzene rings is 2. The van der Waals surface area contributed by atoms with Gasteiger partial charge < -0.3 is 14.4 Å². The highest BCUT2D eigenvalue weighted by Gasteiger charge is 2.25. The van der Waals surface area contributed by atoms with Crippen LogP contribution >= 0.6 is 0 Å². The Morgan fingerprint density at radius 2 is 1.81 bits per heavy atom. The molecule has 0 spiro atoms. The van der Waals surface area contributed by atoms with Crippen molar-refractivity contribution in [2.45, 2.75) is 0 Å². The predicted molar refractivity (Wildman–Crippen MR) is 114 cm³/mol. The van der Waals surface area contributed by atoms with Gasteiger partial charge in [-0.3, -0.25) is 10.0 Å². The number of ether oxygens (including phenoxy) is 2. The van der Waals surface area contributed by atoms with Gasteiger partial charge >= 0.3 is 0 Å². The van der Waals surface area contributed by atoms with Crippen LogP contribution in [0.2, 0.25) is 0 Å². The highest BCUT2D eigenvalue weighted by Crippen LogP contribution is 2.38. The van der Waals surface area contributed by atoms with E-state index in [1.54, 1.807) is 23.8 Å². The molecule has 3 aromatic rings. The summed E-state index contributed by atoms with van der Waals surface area (Å²) >= 11 is 0. The second-order valence-corrected chi connectivity index (χ2v) is 7.20. The number of para-hydroxylation sites is 2. The number of hydrogen-bond donors (Lipinski definition) is 2. The molecule has 8 nitrogen and oxygen atoms in total. The Morgan fingerprint density at radius 3 is 2.58 bits per heavy atom. The molecule has 5 rings (SSSR count). The number of hydroxylamine groups is 1. The quantitative estimate of drug-likeness (QED) is 0.491. The second-order valence-electron chi connectivity index (χ2n) is 7.20. The largest absolute Gasteiger partial charge is 0.436 e. The van der Waals surface area contributed by atoms with Gasteiger partial charge in [-0.2, -0.15) is 0 Å². The highest BCUT2D eigenvalue weighted by atomic mass is 16.5. The zero-order chi connectivity index (χ0) is 21.2. The van der Waals surface area contributed by atoms with Crippen LogP contribution in [0.1, 0.15) is 15.9 Å². The van der Waals surface area contributed by atoms with Crippen LogP contribution < -0.4 is 10.2 Å². The highest BCUT2D eigenvalue weighted by molar-refractivity contribution is 6.04. The molecule has 1 saturated heterocycles. The number of nitrogens with zero attached hydrogens (tertiary/aromatic N) is 3. The number of amidine groups is 1. The molecule has 31 heavy (non-hydrogen) atoms. The monoisotopic (exact) mass is 416 g/mol. The van der Waals surface area contributed by atoms with Crippen LogP contribution in [-0.4, -0.2) is 53.1 Å². The van der Waals surface area contributed by atoms with E-state index in [1.165, 1.54) is 0 Å². The number of carbonyl (C=O) groups excluding carboxylic acids is 1. The molecule has 8 heteroatoms. The lowest BCUT2D eigenvalue weighted by Gasteiger charge is -2.29. The van der Waals surface area contributed by atoms with E-state index in [4.69, 9.17) is 19.7 Å². The summed E-state index contributed by atoms with van der Waals surface area (Å²) < 4.78 is 11.6. The minimum absolute atomic E-state index is 0.364. The first-order valence-corrected chi connectivity index (χ1v) is 9.96. The summed E-state index contributed by atoms with van der Waals surface area (Å²) in [5.41, 5.74) is 5.30. The molecule has 1 fully saturated rings. The SMILES string of the molecule is O=C(NO)c1ccc(-c2cnc3c(c2)C(N2CCOCC2)=Nc2ccccc2O3)cc1. The maximum absolute atomic E-state index is 11.6. The lowest BCUT2D eigenvalue weighted by atomic mass is 10.0. The predicted octanol–water partition coefficient (Wildman–Crippen LogP) is 3.38. The summed E-state index contributed by atoms with van der Waals surface area (Å²) in [6.07, 6.45) is 1.74. The number of pyridine rings is 1. The van der Waals surface area contributed by atoms with Crippen LogP contribution in [0, 0.1) is 0 Å². The number of rotatable bonds is 2. The van der Waals surface area contributed by atoms with E-state index in [-0.39, 0.29) is 0 Å². The first-order valence-electron chi connectivity index (χ1n) is 9.96. The molecule has 0 unspecified atom stereocenters. The fourth-order valence-corrected chi connectivity index (χ4v) is 3.66. The number of carbonyl (C=O) groups is 1. The third kappa shape index (κ3) is 3.74. The summed E-state index contributed by atoms with van der Waals surface area (Å²) in [6.45, 7) is 2.74. The van der Waals surface area contributed by atoms with E-state index in [9.17, 15) is 4.79 Å². The van der Waals surface area contributed by atoms with Gasteiger partial charge in [-0.1, -0.05) is 24.3 Å². The number of aliphatic imine (C=N–C) groups is 1. The van der Waals surface area contributed by atoms with Crippen molar-refractivity contribution in [3.05, 3.63) is 71.9 Å². The number of aromatic nitrogens is 1. The van der Waals surface area contributed by atoms with Crippen LogP contribution in [-0.2, 0) is 4.74 Å². The Balaban J connectivity index is 1.59. The molecular weight excluding hydrogens is 396 g/mol. The van der Waals surface area contributed by atoms with Gasteiger partial charge in [0.1, 0.15) is 11.5 Å². The summed E-state index contributed by atoms with van der Waals surface area (Å²) in [5.74, 6) is 1.40. The van der Waals surface area contributed by atoms with Crippen LogP contribution in [0.25, 0.3) is 11.1 Å². The summed E-state index contributed by atoms with van der Waals surface area (Å²) in [6, 6.07) is 16.6. The molecule has 0 saturated carbocycles. The Morgan fingerprint density at radius 1 is 1.03 bits per heavy atom. The van der Waals surface area contributed by atoms with Crippen LogP contribution in [0.4, 0.5) is 5.69 Å². The summed E-state index contributed by atoms with van der Waals surface area (Å²) in [4.78, 5) is 23.3. The van der Waals surface area contributed by atoms with E-state index in [0.717, 1.165) is 41.3 Å². The van der Waals surface area contributed by atoms with Gasteiger partial charge in [0.2, 0.25) is 5.88 Å². The smallest absolute Gasteiger partial charge is 0.274 e. The molecule has 0 radical (unpaired) electrons. The molecule has 156 valence electrons. The Bertz CT molecular complexity index is 1150. The summed E-state index contributed by atoms with van der Waals surface area (Å²) in [7, 11) is 0. The van der Waals surface area contributed by atoms with Crippen molar-refractivity contribution in [3.8, 4) is 22.8 Å². The number of morpholine rings is 1. The molecular formula is C23H20N4O4. The molecule has 2 N–H and O–H groups in total.